The number of piperidine rings is 1. The van der Waals surface area contributed by atoms with Crippen LogP contribution in [-0.2, 0) is 14.9 Å². The van der Waals surface area contributed by atoms with Crippen molar-refractivity contribution in [2.24, 2.45) is 0 Å². The van der Waals surface area contributed by atoms with E-state index in [1.54, 1.807) is 11.0 Å². The van der Waals surface area contributed by atoms with Crippen LogP contribution in [0.5, 0.6) is 0 Å². The summed E-state index contributed by atoms with van der Waals surface area (Å²) in [5, 5.41) is 0. The van der Waals surface area contributed by atoms with Crippen LogP contribution >= 0.6 is 0 Å². The van der Waals surface area contributed by atoms with E-state index < -0.39 is 5.67 Å². The van der Waals surface area contributed by atoms with Crippen LogP contribution in [0.25, 0.3) is 0 Å². The lowest BCUT2D eigenvalue weighted by molar-refractivity contribution is -0.140. The van der Waals surface area contributed by atoms with Crippen LogP contribution in [0, 0.1) is 6.92 Å². The zero-order valence-electron chi connectivity index (χ0n) is 14.9. The zero-order valence-corrected chi connectivity index (χ0v) is 14.9. The molecule has 0 radical (unpaired) electrons. The highest BCUT2D eigenvalue weighted by Gasteiger charge is 2.54. The van der Waals surface area contributed by atoms with Gasteiger partial charge in [-0.1, -0.05) is 29.8 Å². The molecule has 2 aliphatic carbocycles. The quantitative estimate of drug-likeness (QED) is 0.773. The number of alkyl halides is 1. The Morgan fingerprint density at radius 2 is 2.08 bits per heavy atom. The summed E-state index contributed by atoms with van der Waals surface area (Å²) >= 11 is 0. The van der Waals surface area contributed by atoms with E-state index in [0.717, 1.165) is 19.3 Å². The molecule has 1 saturated carbocycles. The highest BCUT2D eigenvalue weighted by atomic mass is 19.1. The number of fused-ring (bicyclic) bond motifs is 2. The molecule has 1 atom stereocenters. The molecule has 0 aromatic heterocycles. The Labute approximate surface area is 148 Å². The summed E-state index contributed by atoms with van der Waals surface area (Å²) in [4.78, 5) is 14.0. The van der Waals surface area contributed by atoms with Crippen LogP contribution in [0.4, 0.5) is 4.39 Å². The fourth-order valence-electron chi connectivity index (χ4n) is 4.54. The molecule has 3 aliphatic rings. The van der Waals surface area contributed by atoms with E-state index in [4.69, 9.17) is 4.74 Å². The minimum absolute atomic E-state index is 0.0526. The normalized spacial score (nSPS) is 25.7. The first-order chi connectivity index (χ1) is 12.0. The molecule has 2 fully saturated rings. The van der Waals surface area contributed by atoms with Crippen LogP contribution in [0.1, 0.15) is 54.9 Å². The minimum Gasteiger partial charge on any atom is -0.369 e. The Morgan fingerprint density at radius 3 is 2.72 bits per heavy atom. The first-order valence-electron chi connectivity index (χ1n) is 9.29. The third-order valence-corrected chi connectivity index (χ3v) is 6.20. The second kappa shape index (κ2) is 5.94. The lowest BCUT2D eigenvalue weighted by Crippen LogP contribution is -2.47. The SMILES string of the molecule is C=CCOC1CC2(CCN(C(=O)C3(F)CC3)CC2)c2cc(C)ccc21. The molecule has 1 unspecified atom stereocenters. The van der Waals surface area contributed by atoms with Gasteiger partial charge in [-0.25, -0.2) is 4.39 Å². The Balaban J connectivity index is 1.55. The first-order valence-corrected chi connectivity index (χ1v) is 9.29. The van der Waals surface area contributed by atoms with Crippen LogP contribution in [-0.4, -0.2) is 36.2 Å². The number of rotatable bonds is 4. The standard InChI is InChI=1S/C21H26FNO2/c1-3-12-25-18-14-20(17-13-15(2)4-5-16(17)18)8-10-23(11-9-20)19(24)21(22)6-7-21/h3-5,13,18H,1,6-12,14H2,2H3. The maximum atomic E-state index is 14.1. The second-order valence-electron chi connectivity index (χ2n) is 7.94. The molecule has 0 N–H and O–H groups in total. The van der Waals surface area contributed by atoms with E-state index in [2.05, 4.69) is 31.7 Å². The lowest BCUT2D eigenvalue weighted by Gasteiger charge is -2.40. The number of aryl methyl sites for hydroxylation is 1. The molecule has 4 heteroatoms. The van der Waals surface area contributed by atoms with Crippen molar-refractivity contribution < 1.29 is 13.9 Å². The Bertz CT molecular complexity index is 702. The number of ether oxygens (including phenoxy) is 1. The topological polar surface area (TPSA) is 29.5 Å². The van der Waals surface area contributed by atoms with Crippen LogP contribution in [0.2, 0.25) is 0 Å². The molecule has 1 aromatic carbocycles. The van der Waals surface area contributed by atoms with E-state index in [1.165, 1.54) is 16.7 Å². The molecule has 1 heterocycles. The number of halogens is 1. The number of hydrogen-bond acceptors (Lipinski definition) is 2. The van der Waals surface area contributed by atoms with Gasteiger partial charge in [0.25, 0.3) is 5.91 Å². The fraction of sp³-hybridized carbons (Fsp3) is 0.571. The number of carbonyl (C=O) groups is 1. The van der Waals surface area contributed by atoms with Gasteiger partial charge in [0.15, 0.2) is 5.67 Å². The number of hydrogen-bond donors (Lipinski definition) is 0. The van der Waals surface area contributed by atoms with Crippen molar-refractivity contribution >= 4 is 5.91 Å². The smallest absolute Gasteiger partial charge is 0.260 e. The van der Waals surface area contributed by atoms with E-state index in [-0.39, 0.29) is 17.4 Å². The van der Waals surface area contributed by atoms with Crippen LogP contribution in [0.3, 0.4) is 0 Å². The predicted molar refractivity (Wildman–Crippen MR) is 95.3 cm³/mol. The molecule has 3 nitrogen and oxygen atoms in total. The molecule has 4 rings (SSSR count). The third kappa shape index (κ3) is 2.80. The van der Waals surface area contributed by atoms with Gasteiger partial charge in [-0.3, -0.25) is 4.79 Å². The fourth-order valence-corrected chi connectivity index (χ4v) is 4.54. The van der Waals surface area contributed by atoms with Gasteiger partial charge in [0.1, 0.15) is 0 Å². The molecular formula is C21H26FNO2. The molecule has 1 aromatic rings. The molecular weight excluding hydrogens is 317 g/mol. The average Bonchev–Trinajstić information content (AvgIpc) is 3.30. The summed E-state index contributed by atoms with van der Waals surface area (Å²) in [6.07, 6.45) is 5.39. The first kappa shape index (κ1) is 16.8. The number of carbonyl (C=O) groups excluding carboxylic acids is 1. The van der Waals surface area contributed by atoms with Gasteiger partial charge in [-0.15, -0.1) is 6.58 Å². The van der Waals surface area contributed by atoms with Crippen molar-refractivity contribution in [3.8, 4) is 0 Å². The zero-order chi connectivity index (χ0) is 17.7. The lowest BCUT2D eigenvalue weighted by atomic mass is 9.73. The summed E-state index contributed by atoms with van der Waals surface area (Å²) in [6, 6.07) is 6.60. The summed E-state index contributed by atoms with van der Waals surface area (Å²) in [5.74, 6) is -0.288. The summed E-state index contributed by atoms with van der Waals surface area (Å²) in [6.45, 7) is 7.70. The molecule has 25 heavy (non-hydrogen) atoms. The Hall–Kier alpha value is -1.68. The predicted octanol–water partition coefficient (Wildman–Crippen LogP) is 4.00. The number of amides is 1. The molecule has 1 spiro atoms. The molecule has 1 aliphatic heterocycles. The van der Waals surface area contributed by atoms with Gasteiger partial charge >= 0.3 is 0 Å². The summed E-state index contributed by atoms with van der Waals surface area (Å²) in [7, 11) is 0. The Morgan fingerprint density at radius 1 is 1.36 bits per heavy atom. The monoisotopic (exact) mass is 343 g/mol. The van der Waals surface area contributed by atoms with Gasteiger partial charge in [0.05, 0.1) is 12.7 Å². The highest BCUT2D eigenvalue weighted by Crippen LogP contribution is 2.53. The molecule has 1 saturated heterocycles. The van der Waals surface area contributed by atoms with Crippen molar-refractivity contribution in [2.45, 2.75) is 56.2 Å². The van der Waals surface area contributed by atoms with E-state index in [0.29, 0.717) is 32.5 Å². The number of nitrogens with zero attached hydrogens (tertiary/aromatic N) is 1. The molecule has 134 valence electrons. The third-order valence-electron chi connectivity index (χ3n) is 6.20. The molecule has 0 bridgehead atoms. The van der Waals surface area contributed by atoms with Crippen LogP contribution in [0.15, 0.2) is 30.9 Å². The maximum absolute atomic E-state index is 14.1. The largest absolute Gasteiger partial charge is 0.369 e. The Kier molecular flexibility index (Phi) is 3.99. The second-order valence-corrected chi connectivity index (χ2v) is 7.94. The number of likely N-dealkylation sites (tertiary alicyclic amines) is 1. The van der Waals surface area contributed by atoms with Gasteiger partial charge in [0.2, 0.25) is 0 Å². The van der Waals surface area contributed by atoms with Crippen molar-refractivity contribution in [2.75, 3.05) is 19.7 Å². The summed E-state index contributed by atoms with van der Waals surface area (Å²) < 4.78 is 20.1. The average molecular weight is 343 g/mol. The van der Waals surface area contributed by atoms with Gasteiger partial charge in [0, 0.05) is 18.5 Å². The van der Waals surface area contributed by atoms with Gasteiger partial charge in [-0.2, -0.15) is 0 Å². The van der Waals surface area contributed by atoms with Gasteiger partial charge in [-0.05, 0) is 50.2 Å². The highest BCUT2D eigenvalue weighted by molar-refractivity contribution is 5.88. The van der Waals surface area contributed by atoms with E-state index >= 15 is 0 Å². The van der Waals surface area contributed by atoms with Crippen molar-refractivity contribution in [3.63, 3.8) is 0 Å². The van der Waals surface area contributed by atoms with Crippen molar-refractivity contribution in [1.82, 2.24) is 4.90 Å². The van der Waals surface area contributed by atoms with E-state index in [9.17, 15) is 9.18 Å². The molecule has 1 amide bonds. The van der Waals surface area contributed by atoms with E-state index in [1.807, 2.05) is 0 Å². The minimum atomic E-state index is -1.55. The van der Waals surface area contributed by atoms with Crippen LogP contribution < -0.4 is 0 Å². The van der Waals surface area contributed by atoms with Crippen molar-refractivity contribution in [3.05, 3.63) is 47.5 Å². The maximum Gasteiger partial charge on any atom is 0.260 e. The van der Waals surface area contributed by atoms with Gasteiger partial charge < -0.3 is 9.64 Å². The number of benzene rings is 1. The van der Waals surface area contributed by atoms with Crippen molar-refractivity contribution in [1.29, 1.82) is 0 Å². The summed E-state index contributed by atoms with van der Waals surface area (Å²) in [5.41, 5.74) is 2.40.